The topological polar surface area (TPSA) is 70.7 Å². The molecule has 0 radical (unpaired) electrons. The highest BCUT2D eigenvalue weighted by atomic mass is 79.9. The maximum absolute atomic E-state index is 13.7. The quantitative estimate of drug-likeness (QED) is 0.513. The molecule has 6 nitrogen and oxygen atoms in total. The first-order valence-electron chi connectivity index (χ1n) is 10.6. The predicted molar refractivity (Wildman–Crippen MR) is 137 cm³/mol. The van der Waals surface area contributed by atoms with E-state index in [2.05, 4.69) is 57.8 Å². The number of nitrogens with one attached hydrogen (secondary N) is 2. The highest BCUT2D eigenvalue weighted by molar-refractivity contribution is 9.10. The van der Waals surface area contributed by atoms with Crippen LogP contribution in [0.1, 0.15) is 18.1 Å². The van der Waals surface area contributed by atoms with Crippen LogP contribution >= 0.6 is 28.3 Å². The molecule has 0 aromatic heterocycles. The molecule has 33 heavy (non-hydrogen) atoms. The Hall–Kier alpha value is -2.61. The molecule has 4 rings (SSSR count). The van der Waals surface area contributed by atoms with E-state index in [1.807, 2.05) is 30.3 Å². The van der Waals surface area contributed by atoms with Gasteiger partial charge in [-0.25, -0.2) is 0 Å². The SMILES string of the molecule is CNC(C)C(=O)NC1COc2c(Br)cccc2N(Cc2c(C)ccc3ccccc23)C1=O.Cl. The lowest BCUT2D eigenvalue weighted by atomic mass is 9.99. The third kappa shape index (κ3) is 5.00. The molecule has 0 bridgehead atoms. The van der Waals surface area contributed by atoms with Crippen LogP contribution in [0.25, 0.3) is 10.8 Å². The van der Waals surface area contributed by atoms with Crippen LogP contribution in [-0.2, 0) is 16.1 Å². The second-order valence-electron chi connectivity index (χ2n) is 7.98. The van der Waals surface area contributed by atoms with E-state index in [-0.39, 0.29) is 30.8 Å². The molecule has 1 aliphatic rings. The van der Waals surface area contributed by atoms with Gasteiger partial charge < -0.3 is 20.3 Å². The summed E-state index contributed by atoms with van der Waals surface area (Å²) >= 11 is 3.55. The number of benzene rings is 3. The van der Waals surface area contributed by atoms with Gasteiger partial charge in [0.15, 0.2) is 5.75 Å². The van der Waals surface area contributed by atoms with E-state index < -0.39 is 12.1 Å². The van der Waals surface area contributed by atoms with E-state index in [9.17, 15) is 9.59 Å². The summed E-state index contributed by atoms with van der Waals surface area (Å²) in [5.41, 5.74) is 2.84. The van der Waals surface area contributed by atoms with Gasteiger partial charge in [-0.3, -0.25) is 9.59 Å². The van der Waals surface area contributed by atoms with E-state index >= 15 is 0 Å². The highest BCUT2D eigenvalue weighted by Crippen LogP contribution is 2.39. The van der Waals surface area contributed by atoms with Crippen LogP contribution in [0.2, 0.25) is 0 Å². The second-order valence-corrected chi connectivity index (χ2v) is 8.83. The highest BCUT2D eigenvalue weighted by Gasteiger charge is 2.34. The minimum Gasteiger partial charge on any atom is -0.487 e. The molecule has 0 saturated carbocycles. The van der Waals surface area contributed by atoms with Crippen molar-refractivity contribution in [1.82, 2.24) is 10.6 Å². The van der Waals surface area contributed by atoms with E-state index in [1.54, 1.807) is 18.9 Å². The Morgan fingerprint density at radius 1 is 1.18 bits per heavy atom. The van der Waals surface area contributed by atoms with Crippen molar-refractivity contribution in [2.75, 3.05) is 18.6 Å². The molecular formula is C25H27BrClN3O3. The van der Waals surface area contributed by atoms with Gasteiger partial charge in [-0.15, -0.1) is 12.4 Å². The zero-order valence-corrected chi connectivity index (χ0v) is 21.1. The van der Waals surface area contributed by atoms with Crippen molar-refractivity contribution in [3.05, 3.63) is 70.2 Å². The molecule has 2 unspecified atom stereocenters. The molecule has 2 N–H and O–H groups in total. The summed E-state index contributed by atoms with van der Waals surface area (Å²) < 4.78 is 6.78. The Morgan fingerprint density at radius 2 is 1.94 bits per heavy atom. The fourth-order valence-electron chi connectivity index (χ4n) is 3.90. The summed E-state index contributed by atoms with van der Waals surface area (Å²) in [4.78, 5) is 28.0. The number of hydrogen-bond acceptors (Lipinski definition) is 4. The van der Waals surface area contributed by atoms with Gasteiger partial charge in [0.25, 0.3) is 5.91 Å². The number of nitrogens with zero attached hydrogens (tertiary/aromatic N) is 1. The van der Waals surface area contributed by atoms with Crippen molar-refractivity contribution in [2.24, 2.45) is 0 Å². The van der Waals surface area contributed by atoms with E-state index in [4.69, 9.17) is 4.74 Å². The summed E-state index contributed by atoms with van der Waals surface area (Å²) in [5, 5.41) is 7.97. The molecule has 1 aliphatic heterocycles. The Labute approximate surface area is 208 Å². The van der Waals surface area contributed by atoms with Crippen LogP contribution in [0.3, 0.4) is 0 Å². The number of carbonyl (C=O) groups is 2. The van der Waals surface area contributed by atoms with Gasteiger partial charge in [0.05, 0.1) is 22.7 Å². The zero-order valence-electron chi connectivity index (χ0n) is 18.7. The van der Waals surface area contributed by atoms with Gasteiger partial charge in [0.2, 0.25) is 5.91 Å². The molecule has 8 heteroatoms. The largest absolute Gasteiger partial charge is 0.487 e. The monoisotopic (exact) mass is 531 g/mol. The van der Waals surface area contributed by atoms with E-state index in [0.29, 0.717) is 18.0 Å². The van der Waals surface area contributed by atoms with Crippen molar-refractivity contribution < 1.29 is 14.3 Å². The third-order valence-corrected chi connectivity index (χ3v) is 6.55. The number of hydrogen-bond donors (Lipinski definition) is 2. The van der Waals surface area contributed by atoms with Crippen molar-refractivity contribution >= 4 is 56.6 Å². The Morgan fingerprint density at radius 3 is 2.70 bits per heavy atom. The van der Waals surface area contributed by atoms with Gasteiger partial charge in [0.1, 0.15) is 12.6 Å². The number of halogens is 2. The van der Waals surface area contributed by atoms with E-state index in [0.717, 1.165) is 26.4 Å². The van der Waals surface area contributed by atoms with Crippen LogP contribution in [0, 0.1) is 6.92 Å². The molecule has 1 heterocycles. The lowest BCUT2D eigenvalue weighted by Gasteiger charge is -2.27. The predicted octanol–water partition coefficient (Wildman–Crippen LogP) is 4.35. The maximum atomic E-state index is 13.7. The fourth-order valence-corrected chi connectivity index (χ4v) is 4.38. The number of ether oxygens (including phenoxy) is 1. The molecule has 3 aromatic carbocycles. The molecular weight excluding hydrogens is 506 g/mol. The fraction of sp³-hybridized carbons (Fsp3) is 0.280. The first-order valence-corrected chi connectivity index (χ1v) is 11.4. The molecule has 0 saturated heterocycles. The second kappa shape index (κ2) is 10.5. The van der Waals surface area contributed by atoms with Gasteiger partial charge in [0, 0.05) is 0 Å². The molecule has 0 spiro atoms. The molecule has 2 amide bonds. The van der Waals surface area contributed by atoms with Crippen molar-refractivity contribution in [3.8, 4) is 5.75 Å². The van der Waals surface area contributed by atoms with Gasteiger partial charge in [-0.05, 0) is 70.9 Å². The smallest absolute Gasteiger partial charge is 0.253 e. The number of anilines is 1. The van der Waals surface area contributed by atoms with Crippen LogP contribution in [0.15, 0.2) is 59.1 Å². The molecule has 174 valence electrons. The van der Waals surface area contributed by atoms with Crippen LogP contribution in [0.4, 0.5) is 5.69 Å². The summed E-state index contributed by atoms with van der Waals surface area (Å²) in [6, 6.07) is 16.7. The summed E-state index contributed by atoms with van der Waals surface area (Å²) in [7, 11) is 1.71. The average molecular weight is 533 g/mol. The molecule has 3 aromatic rings. The Kier molecular flexibility index (Phi) is 8.00. The third-order valence-electron chi connectivity index (χ3n) is 5.93. The number of amides is 2. The Balaban J connectivity index is 0.00000306. The van der Waals surface area contributed by atoms with Crippen molar-refractivity contribution in [2.45, 2.75) is 32.5 Å². The van der Waals surface area contributed by atoms with Crippen molar-refractivity contribution in [3.63, 3.8) is 0 Å². The molecule has 2 atom stereocenters. The summed E-state index contributed by atoms with van der Waals surface area (Å²) in [6.45, 7) is 4.23. The lowest BCUT2D eigenvalue weighted by Crippen LogP contribution is -2.53. The minimum absolute atomic E-state index is 0. The summed E-state index contributed by atoms with van der Waals surface area (Å²) in [5.74, 6) is 0.142. The summed E-state index contributed by atoms with van der Waals surface area (Å²) in [6.07, 6.45) is 0. The average Bonchev–Trinajstić information content (AvgIpc) is 2.93. The minimum atomic E-state index is -0.798. The Bertz CT molecular complexity index is 1190. The van der Waals surface area contributed by atoms with Crippen LogP contribution in [-0.4, -0.2) is 37.6 Å². The first-order chi connectivity index (χ1) is 15.4. The van der Waals surface area contributed by atoms with Gasteiger partial charge >= 0.3 is 0 Å². The number of carbonyl (C=O) groups excluding carboxylic acids is 2. The van der Waals surface area contributed by atoms with Crippen molar-refractivity contribution in [1.29, 1.82) is 0 Å². The number of rotatable bonds is 5. The number of aryl methyl sites for hydroxylation is 1. The standard InChI is InChI=1S/C25H26BrN3O3.ClH/c1-15-11-12-17-7-4-5-8-18(17)19(15)13-29-22-10-6-9-20(26)23(22)32-14-21(25(29)31)28-24(30)16(2)27-3;/h4-12,16,21,27H,13-14H2,1-3H3,(H,28,30);1H. The van der Waals surface area contributed by atoms with Gasteiger partial charge in [-0.1, -0.05) is 42.5 Å². The molecule has 0 fully saturated rings. The van der Waals surface area contributed by atoms with E-state index in [1.165, 1.54) is 0 Å². The first kappa shape index (κ1) is 25.0. The van der Waals surface area contributed by atoms with Gasteiger partial charge in [-0.2, -0.15) is 0 Å². The lowest BCUT2D eigenvalue weighted by molar-refractivity contribution is -0.129. The normalized spacial score (nSPS) is 16.3. The number of fused-ring (bicyclic) bond motifs is 2. The van der Waals surface area contributed by atoms with Crippen LogP contribution in [0.5, 0.6) is 5.75 Å². The van der Waals surface area contributed by atoms with Crippen LogP contribution < -0.4 is 20.3 Å². The maximum Gasteiger partial charge on any atom is 0.253 e. The number of para-hydroxylation sites is 1. The zero-order chi connectivity index (χ0) is 22.8. The molecule has 0 aliphatic carbocycles. The number of likely N-dealkylation sites (N-methyl/N-ethyl adjacent to an activating group) is 1.